The SMILES string of the molecule is OCc1cccc(C#Cc2cnn3c(C(F)(F)F)cc(-c4ccc(C(F)(F)F)cc4)nc23)c1. The normalized spacial score (nSPS) is 12.0. The second-order valence-electron chi connectivity index (χ2n) is 7.00. The van der Waals surface area contributed by atoms with Crippen molar-refractivity contribution in [1.29, 1.82) is 0 Å². The molecule has 0 saturated heterocycles. The molecule has 10 heteroatoms. The Bertz CT molecular complexity index is 1380. The summed E-state index contributed by atoms with van der Waals surface area (Å²) in [7, 11) is 0. The van der Waals surface area contributed by atoms with Crippen LogP contribution in [0.4, 0.5) is 26.3 Å². The average Bonchev–Trinajstić information content (AvgIpc) is 3.19. The van der Waals surface area contributed by atoms with Crippen LogP contribution in [0.25, 0.3) is 16.9 Å². The molecule has 4 aromatic rings. The number of alkyl halides is 6. The Kier molecular flexibility index (Phi) is 5.59. The molecule has 0 aliphatic carbocycles. The number of rotatable bonds is 2. The number of aliphatic hydroxyl groups excluding tert-OH is 1. The van der Waals surface area contributed by atoms with Crippen LogP contribution in [-0.4, -0.2) is 19.7 Å². The van der Waals surface area contributed by atoms with Gasteiger partial charge in [0.2, 0.25) is 0 Å². The summed E-state index contributed by atoms with van der Waals surface area (Å²) in [5, 5.41) is 13.0. The van der Waals surface area contributed by atoms with Gasteiger partial charge in [0.1, 0.15) is 0 Å². The molecule has 0 unspecified atom stereocenters. The van der Waals surface area contributed by atoms with Gasteiger partial charge in [-0.1, -0.05) is 36.1 Å². The molecule has 4 nitrogen and oxygen atoms in total. The standard InChI is InChI=1S/C23H13F6N3O/c24-22(25,26)18-8-6-16(7-9-18)19-11-20(23(27,28)29)32-21(31-19)17(12-30-32)5-4-14-2-1-3-15(10-14)13-33/h1-3,6-12,33H,13H2. The predicted octanol–water partition coefficient (Wildman–Crippen LogP) is 5.33. The van der Waals surface area contributed by atoms with Gasteiger partial charge in [0.05, 0.1) is 29.6 Å². The average molecular weight is 461 g/mol. The number of hydrogen-bond donors (Lipinski definition) is 1. The van der Waals surface area contributed by atoms with Crippen molar-refractivity contribution in [1.82, 2.24) is 14.6 Å². The molecule has 0 atom stereocenters. The van der Waals surface area contributed by atoms with Gasteiger partial charge in [0.25, 0.3) is 0 Å². The third kappa shape index (κ3) is 4.68. The number of benzene rings is 2. The van der Waals surface area contributed by atoms with Crippen LogP contribution in [0.3, 0.4) is 0 Å². The van der Waals surface area contributed by atoms with E-state index in [1.165, 1.54) is 0 Å². The van der Waals surface area contributed by atoms with Crippen LogP contribution in [0.5, 0.6) is 0 Å². The highest BCUT2D eigenvalue weighted by Crippen LogP contribution is 2.34. The van der Waals surface area contributed by atoms with E-state index in [9.17, 15) is 31.4 Å². The van der Waals surface area contributed by atoms with Crippen molar-refractivity contribution in [3.63, 3.8) is 0 Å². The molecule has 0 amide bonds. The van der Waals surface area contributed by atoms with Crippen molar-refractivity contribution in [3.05, 3.63) is 88.7 Å². The Morgan fingerprint density at radius 1 is 0.879 bits per heavy atom. The molecule has 2 aromatic carbocycles. The monoisotopic (exact) mass is 461 g/mol. The highest BCUT2D eigenvalue weighted by molar-refractivity contribution is 5.67. The first-order chi connectivity index (χ1) is 15.6. The lowest BCUT2D eigenvalue weighted by Crippen LogP contribution is -2.13. The molecule has 0 radical (unpaired) electrons. The van der Waals surface area contributed by atoms with E-state index in [-0.39, 0.29) is 29.1 Å². The van der Waals surface area contributed by atoms with E-state index in [4.69, 9.17) is 0 Å². The zero-order valence-corrected chi connectivity index (χ0v) is 16.5. The number of fused-ring (bicyclic) bond motifs is 1. The first-order valence-corrected chi connectivity index (χ1v) is 9.42. The molecule has 0 aliphatic rings. The van der Waals surface area contributed by atoms with E-state index in [2.05, 4.69) is 21.9 Å². The molecular weight excluding hydrogens is 448 g/mol. The summed E-state index contributed by atoms with van der Waals surface area (Å²) in [5.41, 5.74) is -1.11. The van der Waals surface area contributed by atoms with E-state index in [0.29, 0.717) is 15.6 Å². The molecule has 0 bridgehead atoms. The third-order valence-corrected chi connectivity index (χ3v) is 4.72. The van der Waals surface area contributed by atoms with Gasteiger partial charge in [0.15, 0.2) is 11.3 Å². The van der Waals surface area contributed by atoms with Crippen molar-refractivity contribution in [2.45, 2.75) is 19.0 Å². The minimum absolute atomic E-state index is 0.0757. The molecule has 2 heterocycles. The highest BCUT2D eigenvalue weighted by Gasteiger charge is 2.36. The molecule has 0 spiro atoms. The summed E-state index contributed by atoms with van der Waals surface area (Å²) in [6.07, 6.45) is -8.24. The van der Waals surface area contributed by atoms with Gasteiger partial charge >= 0.3 is 12.4 Å². The van der Waals surface area contributed by atoms with Crippen molar-refractivity contribution in [2.24, 2.45) is 0 Å². The Hall–Kier alpha value is -3.84. The van der Waals surface area contributed by atoms with Gasteiger partial charge in [-0.2, -0.15) is 31.4 Å². The number of hydrogen-bond acceptors (Lipinski definition) is 3. The van der Waals surface area contributed by atoms with Gasteiger partial charge in [0, 0.05) is 11.1 Å². The smallest absolute Gasteiger partial charge is 0.392 e. The molecule has 168 valence electrons. The summed E-state index contributed by atoms with van der Waals surface area (Å²) in [6, 6.07) is 11.1. The maximum atomic E-state index is 13.7. The zero-order valence-electron chi connectivity index (χ0n) is 16.5. The van der Waals surface area contributed by atoms with Crippen LogP contribution >= 0.6 is 0 Å². The van der Waals surface area contributed by atoms with Gasteiger partial charge in [-0.15, -0.1) is 0 Å². The topological polar surface area (TPSA) is 50.4 Å². The first kappa shape index (κ1) is 22.4. The summed E-state index contributed by atoms with van der Waals surface area (Å²) >= 11 is 0. The van der Waals surface area contributed by atoms with Crippen molar-refractivity contribution >= 4 is 5.65 Å². The molecule has 0 saturated carbocycles. The van der Waals surface area contributed by atoms with E-state index in [0.717, 1.165) is 36.5 Å². The minimum Gasteiger partial charge on any atom is -0.392 e. The van der Waals surface area contributed by atoms with Crippen LogP contribution in [-0.2, 0) is 19.0 Å². The quantitative estimate of drug-likeness (QED) is 0.325. The van der Waals surface area contributed by atoms with Crippen LogP contribution in [0.1, 0.15) is 27.9 Å². The second kappa shape index (κ2) is 8.26. The number of nitrogens with zero attached hydrogens (tertiary/aromatic N) is 3. The Balaban J connectivity index is 1.84. The van der Waals surface area contributed by atoms with Crippen LogP contribution in [0.2, 0.25) is 0 Å². The van der Waals surface area contributed by atoms with Gasteiger partial charge in [-0.25, -0.2) is 9.50 Å². The third-order valence-electron chi connectivity index (χ3n) is 4.72. The predicted molar refractivity (Wildman–Crippen MR) is 107 cm³/mol. The lowest BCUT2D eigenvalue weighted by molar-refractivity contribution is -0.142. The number of halogens is 6. The molecular formula is C23H13F6N3O. The second-order valence-corrected chi connectivity index (χ2v) is 7.00. The highest BCUT2D eigenvalue weighted by atomic mass is 19.4. The fraction of sp³-hybridized carbons (Fsp3) is 0.130. The fourth-order valence-electron chi connectivity index (χ4n) is 3.12. The summed E-state index contributed by atoms with van der Waals surface area (Å²) in [5.74, 6) is 5.52. The minimum atomic E-state index is -4.80. The molecule has 33 heavy (non-hydrogen) atoms. The van der Waals surface area contributed by atoms with Gasteiger partial charge < -0.3 is 5.11 Å². The Morgan fingerprint density at radius 3 is 2.24 bits per heavy atom. The Morgan fingerprint density at radius 2 is 1.61 bits per heavy atom. The van der Waals surface area contributed by atoms with Gasteiger partial charge in [-0.3, -0.25) is 0 Å². The van der Waals surface area contributed by atoms with E-state index in [1.54, 1.807) is 24.3 Å². The van der Waals surface area contributed by atoms with Crippen LogP contribution < -0.4 is 0 Å². The van der Waals surface area contributed by atoms with Crippen molar-refractivity contribution in [3.8, 4) is 23.1 Å². The first-order valence-electron chi connectivity index (χ1n) is 9.42. The number of aromatic nitrogens is 3. The van der Waals surface area contributed by atoms with Gasteiger partial charge in [-0.05, 0) is 35.9 Å². The zero-order chi connectivity index (χ0) is 23.8. The molecule has 0 aliphatic heterocycles. The van der Waals surface area contributed by atoms with E-state index < -0.39 is 23.6 Å². The largest absolute Gasteiger partial charge is 0.433 e. The van der Waals surface area contributed by atoms with Crippen LogP contribution in [0, 0.1) is 11.8 Å². The van der Waals surface area contributed by atoms with Crippen molar-refractivity contribution in [2.75, 3.05) is 0 Å². The lowest BCUT2D eigenvalue weighted by atomic mass is 10.1. The maximum absolute atomic E-state index is 13.7. The van der Waals surface area contributed by atoms with E-state index in [1.807, 2.05) is 0 Å². The maximum Gasteiger partial charge on any atom is 0.433 e. The Labute approximate surface area is 183 Å². The van der Waals surface area contributed by atoms with Crippen molar-refractivity contribution < 1.29 is 31.4 Å². The fourth-order valence-corrected chi connectivity index (χ4v) is 3.12. The molecule has 0 fully saturated rings. The number of aliphatic hydroxyl groups is 1. The summed E-state index contributed by atoms with van der Waals surface area (Å²) in [6.45, 7) is -0.195. The molecule has 1 N–H and O–H groups in total. The van der Waals surface area contributed by atoms with Crippen LogP contribution in [0.15, 0.2) is 60.8 Å². The lowest BCUT2D eigenvalue weighted by Gasteiger charge is -2.12. The molecule has 4 rings (SSSR count). The molecule has 2 aromatic heterocycles. The summed E-state index contributed by atoms with van der Waals surface area (Å²) < 4.78 is 80.1. The van der Waals surface area contributed by atoms with E-state index >= 15 is 0 Å². The summed E-state index contributed by atoms with van der Waals surface area (Å²) in [4.78, 5) is 4.19.